The van der Waals surface area contributed by atoms with Gasteiger partial charge in [-0.25, -0.2) is 0 Å². The van der Waals surface area contributed by atoms with E-state index >= 15 is 0 Å². The average molecular weight is 463 g/mol. The molecule has 2 heterocycles. The molecule has 1 aliphatic rings. The highest BCUT2D eigenvalue weighted by Gasteiger charge is 2.35. The largest absolute Gasteiger partial charge is 0.464 e. The fourth-order valence-electron chi connectivity index (χ4n) is 3.39. The number of aliphatic imine (C=N–C) groups is 1. The number of rotatable bonds is 4. The molecule has 0 spiro atoms. The van der Waals surface area contributed by atoms with Crippen molar-refractivity contribution in [1.29, 1.82) is 0 Å². The van der Waals surface area contributed by atoms with E-state index in [4.69, 9.17) is 9.15 Å². The maximum absolute atomic E-state index is 6.06. The average Bonchev–Trinajstić information content (AvgIpc) is 2.97. The van der Waals surface area contributed by atoms with Crippen molar-refractivity contribution in [2.24, 2.45) is 16.3 Å². The predicted octanol–water partition coefficient (Wildman–Crippen LogP) is 4.27. The van der Waals surface area contributed by atoms with E-state index in [9.17, 15) is 0 Å². The molecule has 0 radical (unpaired) electrons. The summed E-state index contributed by atoms with van der Waals surface area (Å²) in [7, 11) is 1.80. The number of hydrogen-bond donors (Lipinski definition) is 2. The van der Waals surface area contributed by atoms with Crippen molar-refractivity contribution in [2.45, 2.75) is 59.6 Å². The molecular weight excluding hydrogens is 429 g/mol. The van der Waals surface area contributed by atoms with E-state index in [0.29, 0.717) is 5.92 Å². The molecule has 1 aliphatic heterocycles. The van der Waals surface area contributed by atoms with E-state index < -0.39 is 0 Å². The van der Waals surface area contributed by atoms with Crippen molar-refractivity contribution in [3.05, 3.63) is 23.7 Å². The van der Waals surface area contributed by atoms with E-state index in [1.807, 2.05) is 19.1 Å². The van der Waals surface area contributed by atoms with Crippen LogP contribution in [0.5, 0.6) is 0 Å². The van der Waals surface area contributed by atoms with Crippen molar-refractivity contribution < 1.29 is 9.15 Å². The van der Waals surface area contributed by atoms with Crippen molar-refractivity contribution in [1.82, 2.24) is 10.6 Å². The van der Waals surface area contributed by atoms with Gasteiger partial charge < -0.3 is 19.8 Å². The normalized spacial score (nSPS) is 22.9. The van der Waals surface area contributed by atoms with Crippen molar-refractivity contribution in [3.8, 4) is 0 Å². The SMILES string of the molecule is CN=C(NCC1CCCOC1C(C)(C)C)NC(C)c1ccc(C)o1.I. The topological polar surface area (TPSA) is 58.8 Å². The van der Waals surface area contributed by atoms with Crippen LogP contribution >= 0.6 is 24.0 Å². The molecule has 1 fully saturated rings. The standard InChI is InChI=1S/C19H33N3O2.HI/c1-13-9-10-16(24-13)14(2)22-18(20-6)21-12-15-8-7-11-23-17(15)19(3,4)5;/h9-10,14-15,17H,7-8,11-12H2,1-6H3,(H2,20,21,22);1H. The monoisotopic (exact) mass is 463 g/mol. The van der Waals surface area contributed by atoms with Gasteiger partial charge in [0.1, 0.15) is 11.5 Å². The van der Waals surface area contributed by atoms with Crippen LogP contribution in [-0.4, -0.2) is 32.3 Å². The maximum atomic E-state index is 6.06. The highest BCUT2D eigenvalue weighted by atomic mass is 127. The molecule has 1 aromatic rings. The molecule has 0 aliphatic carbocycles. The van der Waals surface area contributed by atoms with Crippen LogP contribution in [0.2, 0.25) is 0 Å². The molecule has 0 amide bonds. The molecule has 6 heteroatoms. The Morgan fingerprint density at radius 2 is 2.08 bits per heavy atom. The van der Waals surface area contributed by atoms with E-state index in [0.717, 1.165) is 37.1 Å². The van der Waals surface area contributed by atoms with Crippen LogP contribution in [-0.2, 0) is 4.74 Å². The molecule has 2 rings (SSSR count). The second kappa shape index (κ2) is 9.80. The Balaban J connectivity index is 0.00000312. The van der Waals surface area contributed by atoms with Gasteiger partial charge in [-0.2, -0.15) is 0 Å². The van der Waals surface area contributed by atoms with Crippen molar-refractivity contribution >= 4 is 29.9 Å². The van der Waals surface area contributed by atoms with E-state index in [1.54, 1.807) is 7.05 Å². The van der Waals surface area contributed by atoms with Crippen LogP contribution in [0.1, 0.15) is 58.1 Å². The van der Waals surface area contributed by atoms with E-state index in [1.165, 1.54) is 6.42 Å². The predicted molar refractivity (Wildman–Crippen MR) is 114 cm³/mol. The Morgan fingerprint density at radius 1 is 1.36 bits per heavy atom. The smallest absolute Gasteiger partial charge is 0.191 e. The lowest BCUT2D eigenvalue weighted by molar-refractivity contribution is -0.0835. The third-order valence-electron chi connectivity index (χ3n) is 4.59. The molecule has 2 N–H and O–H groups in total. The first kappa shape index (κ1) is 22.3. The fourth-order valence-corrected chi connectivity index (χ4v) is 3.39. The number of furan rings is 1. The summed E-state index contributed by atoms with van der Waals surface area (Å²) in [5.41, 5.74) is 0.155. The Labute approximate surface area is 169 Å². The second-order valence-corrected chi connectivity index (χ2v) is 7.83. The third-order valence-corrected chi connectivity index (χ3v) is 4.59. The summed E-state index contributed by atoms with van der Waals surface area (Å²) in [4.78, 5) is 4.34. The van der Waals surface area contributed by atoms with Crippen LogP contribution in [0.15, 0.2) is 21.5 Å². The molecule has 144 valence electrons. The Bertz CT molecular complexity index is 551. The maximum Gasteiger partial charge on any atom is 0.191 e. The lowest BCUT2D eigenvalue weighted by atomic mass is 9.78. The fraction of sp³-hybridized carbons (Fsp3) is 0.737. The zero-order valence-corrected chi connectivity index (χ0v) is 18.7. The first-order valence-corrected chi connectivity index (χ1v) is 8.96. The Kier molecular flexibility index (Phi) is 8.74. The zero-order valence-electron chi connectivity index (χ0n) is 16.4. The summed E-state index contributed by atoms with van der Waals surface area (Å²) in [5, 5.41) is 6.86. The minimum Gasteiger partial charge on any atom is -0.464 e. The summed E-state index contributed by atoms with van der Waals surface area (Å²) < 4.78 is 11.7. The quantitative estimate of drug-likeness (QED) is 0.398. The molecule has 0 saturated carbocycles. The van der Waals surface area contributed by atoms with E-state index in [-0.39, 0.29) is 41.5 Å². The summed E-state index contributed by atoms with van der Waals surface area (Å²) in [5.74, 6) is 3.14. The molecule has 1 saturated heterocycles. The van der Waals surface area contributed by atoms with Gasteiger partial charge in [0, 0.05) is 26.1 Å². The van der Waals surface area contributed by atoms with Crippen molar-refractivity contribution in [2.75, 3.05) is 20.2 Å². The first-order chi connectivity index (χ1) is 11.3. The lowest BCUT2D eigenvalue weighted by Gasteiger charge is -2.40. The van der Waals surface area contributed by atoms with Crippen LogP contribution < -0.4 is 10.6 Å². The first-order valence-electron chi connectivity index (χ1n) is 8.96. The number of nitrogens with zero attached hydrogens (tertiary/aromatic N) is 1. The van der Waals surface area contributed by atoms with Gasteiger partial charge in [0.05, 0.1) is 12.1 Å². The molecule has 0 bridgehead atoms. The minimum absolute atomic E-state index is 0. The van der Waals surface area contributed by atoms with E-state index in [2.05, 4.69) is 43.3 Å². The zero-order chi connectivity index (χ0) is 17.7. The van der Waals surface area contributed by atoms with Crippen LogP contribution in [0, 0.1) is 18.3 Å². The Hall–Kier alpha value is -0.760. The van der Waals surface area contributed by atoms with Gasteiger partial charge in [0.25, 0.3) is 0 Å². The van der Waals surface area contributed by atoms with Gasteiger partial charge in [-0.3, -0.25) is 4.99 Å². The van der Waals surface area contributed by atoms with Gasteiger partial charge in [-0.05, 0) is 44.2 Å². The lowest BCUT2D eigenvalue weighted by Crippen LogP contribution is -2.47. The molecule has 3 atom stereocenters. The van der Waals surface area contributed by atoms with Crippen LogP contribution in [0.4, 0.5) is 0 Å². The molecule has 25 heavy (non-hydrogen) atoms. The summed E-state index contributed by atoms with van der Waals surface area (Å²) in [6.45, 7) is 12.5. The minimum atomic E-state index is 0. The second-order valence-electron chi connectivity index (χ2n) is 7.83. The number of nitrogens with one attached hydrogen (secondary N) is 2. The van der Waals surface area contributed by atoms with Gasteiger partial charge in [0.15, 0.2) is 5.96 Å². The van der Waals surface area contributed by atoms with Gasteiger partial charge in [0.2, 0.25) is 0 Å². The summed E-state index contributed by atoms with van der Waals surface area (Å²) in [6.07, 6.45) is 2.60. The number of guanidine groups is 1. The highest BCUT2D eigenvalue weighted by Crippen LogP contribution is 2.33. The summed E-state index contributed by atoms with van der Waals surface area (Å²) >= 11 is 0. The van der Waals surface area contributed by atoms with Gasteiger partial charge in [-0.15, -0.1) is 24.0 Å². The highest BCUT2D eigenvalue weighted by molar-refractivity contribution is 14.0. The number of ether oxygens (including phenoxy) is 1. The third kappa shape index (κ3) is 6.47. The number of halogens is 1. The Morgan fingerprint density at radius 3 is 2.64 bits per heavy atom. The van der Waals surface area contributed by atoms with Gasteiger partial charge in [-0.1, -0.05) is 20.8 Å². The number of aryl methyl sites for hydroxylation is 1. The molecule has 3 unspecified atom stereocenters. The van der Waals surface area contributed by atoms with Crippen molar-refractivity contribution in [3.63, 3.8) is 0 Å². The van der Waals surface area contributed by atoms with Crippen LogP contribution in [0.3, 0.4) is 0 Å². The molecular formula is C19H34IN3O2. The molecule has 5 nitrogen and oxygen atoms in total. The number of hydrogen-bond acceptors (Lipinski definition) is 3. The molecule has 0 aromatic carbocycles. The molecule has 1 aromatic heterocycles. The summed E-state index contributed by atoms with van der Waals surface area (Å²) in [6, 6.07) is 4.06. The van der Waals surface area contributed by atoms with Gasteiger partial charge >= 0.3 is 0 Å². The van der Waals surface area contributed by atoms with Crippen LogP contribution in [0.25, 0.3) is 0 Å².